The largest absolute Gasteiger partial charge is 0.394 e. The quantitative estimate of drug-likeness (QED) is 0.0199. The van der Waals surface area contributed by atoms with Crippen LogP contribution in [-0.2, 0) is 33.2 Å². The van der Waals surface area contributed by atoms with E-state index in [1.807, 2.05) is 0 Å². The van der Waals surface area contributed by atoms with E-state index in [-0.39, 0.29) is 18.9 Å². The Kier molecular flexibility index (Phi) is 57.5. The van der Waals surface area contributed by atoms with Gasteiger partial charge in [0.2, 0.25) is 5.91 Å². The van der Waals surface area contributed by atoms with Crippen LogP contribution in [0.25, 0.3) is 0 Å². The van der Waals surface area contributed by atoms with Gasteiger partial charge in [-0.15, -0.1) is 0 Å². The Morgan fingerprint density at radius 3 is 1.05 bits per heavy atom. The van der Waals surface area contributed by atoms with Crippen molar-refractivity contribution in [2.24, 2.45) is 0 Å². The van der Waals surface area contributed by atoms with Gasteiger partial charge < -0.3 is 89.9 Å². The third-order valence-electron chi connectivity index (χ3n) is 20.0. The Morgan fingerprint density at radius 2 is 0.676 bits per heavy atom. The highest BCUT2D eigenvalue weighted by atomic mass is 16.8. The fourth-order valence-corrected chi connectivity index (χ4v) is 13.5. The molecule has 1 amide bonds. The van der Waals surface area contributed by atoms with E-state index in [0.29, 0.717) is 12.8 Å². The Morgan fingerprint density at radius 1 is 0.363 bits per heavy atom. The standard InChI is InChI=1S/C83H147NO18/c1-3-5-7-9-11-13-15-17-19-21-23-25-27-29-30-31-32-33-34-35-37-38-40-42-44-46-48-50-52-54-56-58-60-67(88)66(84-71(89)61-59-57-55-53-51-49-47-45-43-41-39-36-28-26-24-22-20-18-16-14-12-10-8-6-4-2)65-97-81-77(95)74(92)79(69(63-86)99-81)102-83-78(96)75(93)80(70(64-87)100-83)101-82-76(94)73(91)72(90)68(62-85)98-82/h6,8,12,14,18,20,24,26,36,39,43,45,49,51,66-70,72-83,85-88,90-96H,3-5,7,9-11,13,15-17,19,21-23,25,27-35,37-38,40-42,44,46-48,50,52-65H2,1-2H3,(H,84,89)/b8-6-,14-12-,20-18-,26-24-,39-36-,45-43-,51-49-. The molecule has 17 atom stereocenters. The summed E-state index contributed by atoms with van der Waals surface area (Å²) in [6, 6.07) is -0.914. The first-order valence-corrected chi connectivity index (χ1v) is 40.8. The topological polar surface area (TPSA) is 307 Å². The summed E-state index contributed by atoms with van der Waals surface area (Å²) in [4.78, 5) is 13.5. The summed E-state index contributed by atoms with van der Waals surface area (Å²) in [6.07, 6.45) is 56.8. The Hall–Kier alpha value is -3.03. The molecule has 0 radical (unpaired) electrons. The molecular formula is C83H147NO18. The van der Waals surface area contributed by atoms with Crippen LogP contribution >= 0.6 is 0 Å². The van der Waals surface area contributed by atoms with Crippen molar-refractivity contribution in [3.8, 4) is 0 Å². The molecule has 0 aromatic heterocycles. The molecule has 19 heteroatoms. The van der Waals surface area contributed by atoms with Gasteiger partial charge in [-0.05, 0) is 70.6 Å². The van der Waals surface area contributed by atoms with E-state index in [9.17, 15) is 61.0 Å². The number of allylic oxidation sites excluding steroid dienone is 14. The molecule has 3 aliphatic rings. The van der Waals surface area contributed by atoms with Gasteiger partial charge >= 0.3 is 0 Å². The van der Waals surface area contributed by atoms with Gasteiger partial charge in [-0.2, -0.15) is 0 Å². The lowest BCUT2D eigenvalue weighted by atomic mass is 9.96. The van der Waals surface area contributed by atoms with Crippen LogP contribution in [0.5, 0.6) is 0 Å². The number of aliphatic hydroxyl groups excluding tert-OH is 11. The van der Waals surface area contributed by atoms with E-state index in [1.54, 1.807) is 0 Å². The number of hydrogen-bond donors (Lipinski definition) is 12. The van der Waals surface area contributed by atoms with Crippen LogP contribution in [-0.4, -0.2) is 193 Å². The molecule has 12 N–H and O–H groups in total. The van der Waals surface area contributed by atoms with Crippen molar-refractivity contribution >= 4 is 5.91 Å². The monoisotopic (exact) mass is 1450 g/mol. The van der Waals surface area contributed by atoms with E-state index in [1.165, 1.54) is 180 Å². The first kappa shape index (κ1) is 93.2. The SMILES string of the molecule is CC/C=C\C/C=C\C/C=C\C/C=C\C/C=C\C/C=C\C/C=C\CCCCCC(=O)NC(COC1OC(CO)C(OC2OC(CO)C(OC3OC(CO)C(O)C(O)C3O)C(O)C2O)C(O)C1O)C(O)CCCCCCCCCCCCCCCCCCCCCCCCCCCCCCCCCC. The minimum absolute atomic E-state index is 0.222. The van der Waals surface area contributed by atoms with Crippen molar-refractivity contribution in [3.05, 3.63) is 85.1 Å². The normalized spacial score (nSPS) is 26.6. The van der Waals surface area contributed by atoms with E-state index in [2.05, 4.69) is 104 Å². The van der Waals surface area contributed by atoms with Gasteiger partial charge in [0.25, 0.3) is 0 Å². The van der Waals surface area contributed by atoms with Crippen LogP contribution in [0.1, 0.15) is 303 Å². The second-order valence-corrected chi connectivity index (χ2v) is 28.9. The molecule has 3 rings (SSSR count). The summed E-state index contributed by atoms with van der Waals surface area (Å²) in [7, 11) is 0. The number of amides is 1. The highest BCUT2D eigenvalue weighted by molar-refractivity contribution is 5.76. The molecule has 19 nitrogen and oxygen atoms in total. The van der Waals surface area contributed by atoms with Crippen molar-refractivity contribution in [1.29, 1.82) is 0 Å². The third kappa shape index (κ3) is 42.5. The molecule has 102 heavy (non-hydrogen) atoms. The number of nitrogens with one attached hydrogen (secondary N) is 1. The van der Waals surface area contributed by atoms with Crippen LogP contribution in [0, 0.1) is 0 Å². The molecule has 3 heterocycles. The summed E-state index contributed by atoms with van der Waals surface area (Å²) in [6.45, 7) is 1.69. The first-order valence-electron chi connectivity index (χ1n) is 40.8. The molecule has 0 aliphatic carbocycles. The van der Waals surface area contributed by atoms with Crippen LogP contribution in [0.3, 0.4) is 0 Å². The molecule has 3 aliphatic heterocycles. The summed E-state index contributed by atoms with van der Waals surface area (Å²) < 4.78 is 34.5. The number of carbonyl (C=O) groups excluding carboxylic acids is 1. The lowest BCUT2D eigenvalue weighted by molar-refractivity contribution is -0.379. The van der Waals surface area contributed by atoms with Crippen LogP contribution in [0.15, 0.2) is 85.1 Å². The van der Waals surface area contributed by atoms with Crippen LogP contribution in [0.4, 0.5) is 0 Å². The smallest absolute Gasteiger partial charge is 0.220 e. The third-order valence-corrected chi connectivity index (χ3v) is 20.0. The maximum atomic E-state index is 13.5. The van der Waals surface area contributed by atoms with Gasteiger partial charge in [0.15, 0.2) is 18.9 Å². The highest BCUT2D eigenvalue weighted by Crippen LogP contribution is 2.33. The molecule has 0 spiro atoms. The molecule has 3 fully saturated rings. The molecule has 3 saturated heterocycles. The van der Waals surface area contributed by atoms with E-state index in [4.69, 9.17) is 28.4 Å². The van der Waals surface area contributed by atoms with Crippen LogP contribution in [0.2, 0.25) is 0 Å². The van der Waals surface area contributed by atoms with E-state index in [0.717, 1.165) is 89.9 Å². The van der Waals surface area contributed by atoms with Gasteiger partial charge in [-0.3, -0.25) is 4.79 Å². The molecule has 17 unspecified atom stereocenters. The second-order valence-electron chi connectivity index (χ2n) is 28.9. The number of ether oxygens (including phenoxy) is 6. The summed E-state index contributed by atoms with van der Waals surface area (Å²) in [5.41, 5.74) is 0. The van der Waals surface area contributed by atoms with Gasteiger partial charge in [-0.25, -0.2) is 0 Å². The predicted molar refractivity (Wildman–Crippen MR) is 406 cm³/mol. The van der Waals surface area contributed by atoms with Crippen LogP contribution < -0.4 is 5.32 Å². The predicted octanol–water partition coefficient (Wildman–Crippen LogP) is 13.8. The van der Waals surface area contributed by atoms with Gasteiger partial charge in [-0.1, -0.05) is 311 Å². The van der Waals surface area contributed by atoms with Gasteiger partial charge in [0, 0.05) is 6.42 Å². The maximum absolute atomic E-state index is 13.5. The Balaban J connectivity index is 1.37. The Labute approximate surface area is 616 Å². The van der Waals surface area contributed by atoms with E-state index < -0.39 is 124 Å². The van der Waals surface area contributed by atoms with Crippen molar-refractivity contribution in [2.75, 3.05) is 26.4 Å². The highest BCUT2D eigenvalue weighted by Gasteiger charge is 2.54. The van der Waals surface area contributed by atoms with Gasteiger partial charge in [0.05, 0.1) is 38.6 Å². The average Bonchev–Trinajstić information content (AvgIpc) is 0.781. The number of unbranched alkanes of at least 4 members (excludes halogenated alkanes) is 34. The van der Waals surface area contributed by atoms with Crippen molar-refractivity contribution in [3.63, 3.8) is 0 Å². The fraction of sp³-hybridized carbons (Fsp3) is 0.819. The molecule has 0 aromatic carbocycles. The zero-order valence-electron chi connectivity index (χ0n) is 63.3. The van der Waals surface area contributed by atoms with Crippen molar-refractivity contribution in [1.82, 2.24) is 5.32 Å². The second kappa shape index (κ2) is 63.0. The van der Waals surface area contributed by atoms with Gasteiger partial charge in [0.1, 0.15) is 73.2 Å². The molecule has 0 saturated carbocycles. The first-order chi connectivity index (χ1) is 49.8. The molecule has 0 aromatic rings. The number of hydrogen-bond acceptors (Lipinski definition) is 18. The van der Waals surface area contributed by atoms with Crippen molar-refractivity contribution < 1.29 is 89.4 Å². The summed E-state index contributed by atoms with van der Waals surface area (Å²) in [5.74, 6) is -0.274. The zero-order chi connectivity index (χ0) is 73.9. The lowest BCUT2D eigenvalue weighted by Crippen LogP contribution is -2.66. The molecular weight excluding hydrogens is 1300 g/mol. The minimum atomic E-state index is -1.98. The Bertz CT molecular complexity index is 2170. The van der Waals surface area contributed by atoms with E-state index >= 15 is 0 Å². The number of rotatable bonds is 64. The fourth-order valence-electron chi connectivity index (χ4n) is 13.5. The summed E-state index contributed by atoms with van der Waals surface area (Å²) >= 11 is 0. The van der Waals surface area contributed by atoms with Crippen molar-refractivity contribution in [2.45, 2.75) is 407 Å². The molecule has 0 bridgehead atoms. The average molecular weight is 1450 g/mol. The lowest BCUT2D eigenvalue weighted by Gasteiger charge is -2.48. The number of aliphatic hydroxyl groups is 11. The summed E-state index contributed by atoms with van der Waals surface area (Å²) in [5, 5.41) is 121. The minimum Gasteiger partial charge on any atom is -0.394 e. The molecule has 592 valence electrons. The number of carbonyl (C=O) groups is 1. The zero-order valence-corrected chi connectivity index (χ0v) is 63.3. The maximum Gasteiger partial charge on any atom is 0.220 e.